The Morgan fingerprint density at radius 2 is 1.73 bits per heavy atom. The largest absolute Gasteiger partial charge is 0.488 e. The van der Waals surface area contributed by atoms with Gasteiger partial charge >= 0.3 is 12.8 Å². The Morgan fingerprint density at radius 1 is 1.03 bits per heavy atom. The topological polar surface area (TPSA) is 164 Å². The number of fused-ring (bicyclic) bond motifs is 1. The van der Waals surface area contributed by atoms with E-state index in [1.807, 2.05) is 0 Å². The zero-order valence-electron chi connectivity index (χ0n) is 15.9. The van der Waals surface area contributed by atoms with Gasteiger partial charge in [-0.25, -0.2) is 4.63 Å². The highest BCUT2D eigenvalue weighted by Crippen LogP contribution is 2.28. The van der Waals surface area contributed by atoms with E-state index in [-0.39, 0.29) is 17.1 Å². The van der Waals surface area contributed by atoms with Crippen molar-refractivity contribution >= 4 is 40.9 Å². The van der Waals surface area contributed by atoms with Crippen molar-refractivity contribution in [3.8, 4) is 0 Å². The molecular formula is C18H20BN5O6. The minimum atomic E-state index is -1.56. The van der Waals surface area contributed by atoms with Gasteiger partial charge in [0.2, 0.25) is 5.52 Å². The quantitative estimate of drug-likeness (QED) is 0.163. The summed E-state index contributed by atoms with van der Waals surface area (Å²) >= 11 is 0. The van der Waals surface area contributed by atoms with Gasteiger partial charge in [-0.1, -0.05) is 12.1 Å². The van der Waals surface area contributed by atoms with Gasteiger partial charge in [-0.3, -0.25) is 14.9 Å². The molecule has 0 aliphatic carbocycles. The van der Waals surface area contributed by atoms with Crippen LogP contribution in [0.2, 0.25) is 0 Å². The van der Waals surface area contributed by atoms with Crippen molar-refractivity contribution in [1.82, 2.24) is 15.6 Å². The van der Waals surface area contributed by atoms with Crippen LogP contribution in [0.25, 0.3) is 11.0 Å². The van der Waals surface area contributed by atoms with Gasteiger partial charge in [0.15, 0.2) is 5.52 Å². The third-order valence-electron chi connectivity index (χ3n) is 4.52. The first kappa shape index (κ1) is 21.2. The Kier molecular flexibility index (Phi) is 6.93. The van der Waals surface area contributed by atoms with E-state index in [4.69, 9.17) is 10.0 Å². The van der Waals surface area contributed by atoms with Crippen LogP contribution in [0.15, 0.2) is 41.0 Å². The maximum atomic E-state index is 12.1. The average molecular weight is 413 g/mol. The molecule has 0 bridgehead atoms. The normalized spacial score (nSPS) is 10.7. The second kappa shape index (κ2) is 9.81. The number of nitrogens with one attached hydrogen (secondary N) is 2. The summed E-state index contributed by atoms with van der Waals surface area (Å²) < 4.78 is 4.62. The van der Waals surface area contributed by atoms with Gasteiger partial charge in [-0.2, -0.15) is 0 Å². The third kappa shape index (κ3) is 5.10. The molecule has 3 aromatic rings. The highest BCUT2D eigenvalue weighted by molar-refractivity contribution is 6.58. The van der Waals surface area contributed by atoms with Crippen molar-refractivity contribution in [3.63, 3.8) is 0 Å². The fraction of sp³-hybridized carbons (Fsp3) is 0.278. The molecule has 156 valence electrons. The number of nitro benzene ring substituents is 1. The smallest absolute Gasteiger partial charge is 0.423 e. The summed E-state index contributed by atoms with van der Waals surface area (Å²) in [5, 5.41) is 42.4. The number of benzene rings is 2. The van der Waals surface area contributed by atoms with Crippen LogP contribution in [-0.2, 0) is 0 Å². The van der Waals surface area contributed by atoms with Crippen LogP contribution in [0.4, 0.5) is 11.4 Å². The molecule has 2 aromatic carbocycles. The zero-order chi connectivity index (χ0) is 21.5. The van der Waals surface area contributed by atoms with Crippen molar-refractivity contribution in [2.45, 2.75) is 19.3 Å². The number of hydrogen-bond acceptors (Lipinski definition) is 9. The molecule has 0 fully saturated rings. The van der Waals surface area contributed by atoms with Gasteiger partial charge in [-0.15, -0.1) is 0 Å². The van der Waals surface area contributed by atoms with Gasteiger partial charge < -0.3 is 20.7 Å². The summed E-state index contributed by atoms with van der Waals surface area (Å²) in [5.74, 6) is -0.223. The van der Waals surface area contributed by atoms with E-state index >= 15 is 0 Å². The van der Waals surface area contributed by atoms with Gasteiger partial charge in [-0.05, 0) is 53.2 Å². The molecule has 0 saturated carbocycles. The third-order valence-corrected chi connectivity index (χ3v) is 4.52. The summed E-state index contributed by atoms with van der Waals surface area (Å²) in [6.07, 6.45) is 2.46. The van der Waals surface area contributed by atoms with E-state index in [9.17, 15) is 14.9 Å². The van der Waals surface area contributed by atoms with Crippen molar-refractivity contribution in [1.29, 1.82) is 0 Å². The number of anilines is 1. The van der Waals surface area contributed by atoms with E-state index < -0.39 is 12.0 Å². The molecule has 0 atom stereocenters. The average Bonchev–Trinajstić information content (AvgIpc) is 3.22. The molecular weight excluding hydrogens is 393 g/mol. The lowest BCUT2D eigenvalue weighted by Gasteiger charge is -2.08. The van der Waals surface area contributed by atoms with Crippen LogP contribution >= 0.6 is 0 Å². The van der Waals surface area contributed by atoms with Crippen LogP contribution in [0.3, 0.4) is 0 Å². The van der Waals surface area contributed by atoms with Crippen molar-refractivity contribution in [2.75, 3.05) is 18.4 Å². The second-order valence-electron chi connectivity index (χ2n) is 6.59. The van der Waals surface area contributed by atoms with Crippen LogP contribution < -0.4 is 16.1 Å². The lowest BCUT2D eigenvalue weighted by atomic mass is 9.80. The molecule has 11 nitrogen and oxygen atoms in total. The van der Waals surface area contributed by atoms with Gasteiger partial charge in [0.1, 0.15) is 0 Å². The number of aromatic nitrogens is 2. The summed E-state index contributed by atoms with van der Waals surface area (Å²) in [4.78, 5) is 22.5. The Hall–Kier alpha value is -3.51. The van der Waals surface area contributed by atoms with Crippen molar-refractivity contribution < 1.29 is 24.4 Å². The standard InChI is InChI=1S/C18H20BN5O6/c25-18(12-4-6-13(7-5-12)19(26)27)21-11-3-1-2-10-20-14-8-9-15(24(28)29)17-16(14)22-30-23-17/h4-9,20,26-27H,1-3,10-11H2,(H,21,25). The molecule has 0 unspecified atom stereocenters. The van der Waals surface area contributed by atoms with Crippen LogP contribution in [0.1, 0.15) is 29.6 Å². The Balaban J connectivity index is 1.37. The number of rotatable bonds is 10. The number of amides is 1. The number of carbonyl (C=O) groups excluding carboxylic acids is 1. The summed E-state index contributed by atoms with van der Waals surface area (Å²) in [6.45, 7) is 1.14. The predicted molar refractivity (Wildman–Crippen MR) is 109 cm³/mol. The molecule has 0 aliphatic heterocycles. The number of unbranched alkanes of at least 4 members (excludes halogenated alkanes) is 2. The summed E-state index contributed by atoms with van der Waals surface area (Å²) in [5.41, 5.74) is 1.65. The minimum Gasteiger partial charge on any atom is -0.423 e. The Morgan fingerprint density at radius 3 is 2.43 bits per heavy atom. The molecule has 3 rings (SSSR count). The highest BCUT2D eigenvalue weighted by atomic mass is 16.6. The van der Waals surface area contributed by atoms with E-state index in [2.05, 4.69) is 25.6 Å². The number of non-ortho nitro benzene ring substituents is 1. The molecule has 30 heavy (non-hydrogen) atoms. The zero-order valence-corrected chi connectivity index (χ0v) is 15.9. The summed E-state index contributed by atoms with van der Waals surface area (Å²) in [6, 6.07) is 9.00. The minimum absolute atomic E-state index is 0.106. The van der Waals surface area contributed by atoms with Crippen LogP contribution in [0.5, 0.6) is 0 Å². The van der Waals surface area contributed by atoms with E-state index in [0.717, 1.165) is 19.3 Å². The van der Waals surface area contributed by atoms with Crippen LogP contribution in [-0.4, -0.2) is 51.4 Å². The lowest BCUT2D eigenvalue weighted by Crippen LogP contribution is -2.30. The van der Waals surface area contributed by atoms with Gasteiger partial charge in [0.05, 0.1) is 10.6 Å². The first-order valence-corrected chi connectivity index (χ1v) is 9.35. The molecule has 0 radical (unpaired) electrons. The molecule has 1 amide bonds. The van der Waals surface area contributed by atoms with Gasteiger partial charge in [0, 0.05) is 24.7 Å². The molecule has 0 saturated heterocycles. The van der Waals surface area contributed by atoms with E-state index in [1.165, 1.54) is 30.3 Å². The summed E-state index contributed by atoms with van der Waals surface area (Å²) in [7, 11) is -1.56. The molecule has 4 N–H and O–H groups in total. The SMILES string of the molecule is O=C(NCCCCCNc1ccc([N+](=O)[O-])c2nonc12)c1ccc(B(O)O)cc1. The first-order chi connectivity index (χ1) is 14.5. The molecule has 1 aromatic heterocycles. The fourth-order valence-electron chi connectivity index (χ4n) is 2.90. The second-order valence-corrected chi connectivity index (χ2v) is 6.59. The lowest BCUT2D eigenvalue weighted by molar-refractivity contribution is -0.383. The molecule has 0 spiro atoms. The van der Waals surface area contributed by atoms with Gasteiger partial charge in [0.25, 0.3) is 5.91 Å². The molecule has 1 heterocycles. The number of hydrogen-bond donors (Lipinski definition) is 4. The fourth-order valence-corrected chi connectivity index (χ4v) is 2.90. The number of carbonyl (C=O) groups is 1. The van der Waals surface area contributed by atoms with E-state index in [1.54, 1.807) is 6.07 Å². The van der Waals surface area contributed by atoms with Crippen LogP contribution in [0, 0.1) is 10.1 Å². The Bertz CT molecular complexity index is 1020. The molecule has 12 heteroatoms. The monoisotopic (exact) mass is 413 g/mol. The van der Waals surface area contributed by atoms with Crippen molar-refractivity contribution in [3.05, 3.63) is 52.1 Å². The number of nitrogens with zero attached hydrogens (tertiary/aromatic N) is 3. The maximum Gasteiger partial charge on any atom is 0.488 e. The first-order valence-electron chi connectivity index (χ1n) is 9.35. The highest BCUT2D eigenvalue weighted by Gasteiger charge is 2.19. The Labute approximate surface area is 171 Å². The van der Waals surface area contributed by atoms with E-state index in [0.29, 0.717) is 35.3 Å². The number of nitro groups is 1. The predicted octanol–water partition coefficient (Wildman–Crippen LogP) is 0.823. The maximum absolute atomic E-state index is 12.1. The molecule has 0 aliphatic rings. The van der Waals surface area contributed by atoms with Crippen molar-refractivity contribution in [2.24, 2.45) is 0 Å².